The number of halogens is 3. The van der Waals surface area contributed by atoms with Gasteiger partial charge in [-0.3, -0.25) is 4.57 Å². The zero-order chi connectivity index (χ0) is 23.9. The van der Waals surface area contributed by atoms with Gasteiger partial charge in [0.25, 0.3) is 0 Å². The van der Waals surface area contributed by atoms with E-state index in [4.69, 9.17) is 22.4 Å². The molecule has 8 nitrogen and oxygen atoms in total. The fourth-order valence-electron chi connectivity index (χ4n) is 4.02. The molecule has 1 amide bonds. The molecular formula is C21H21ClF2N4O4S. The lowest BCUT2D eigenvalue weighted by Gasteiger charge is -2.35. The second-order valence-corrected chi connectivity index (χ2v) is 9.95. The number of hydrogen-bond acceptors (Lipinski definition) is 5. The molecule has 1 saturated heterocycles. The molecule has 0 unspecified atom stereocenters. The van der Waals surface area contributed by atoms with Crippen molar-refractivity contribution < 1.29 is 27.1 Å². The lowest BCUT2D eigenvalue weighted by molar-refractivity contribution is 0.0748. The molecule has 2 heterocycles. The second-order valence-electron chi connectivity index (χ2n) is 7.59. The predicted octanol–water partition coefficient (Wildman–Crippen LogP) is 3.78. The number of aromatic nitrogens is 1. The maximum absolute atomic E-state index is 13.6. The first-order valence-corrected chi connectivity index (χ1v) is 11.9. The molecule has 0 spiro atoms. The largest absolute Gasteiger partial charge is 0.465 e. The summed E-state index contributed by atoms with van der Waals surface area (Å²) < 4.78 is 54.8. The monoisotopic (exact) mass is 498 g/mol. The molecule has 3 aromatic rings. The number of anilines is 1. The second kappa shape index (κ2) is 8.81. The molecule has 0 atom stereocenters. The summed E-state index contributed by atoms with van der Waals surface area (Å²) in [5, 5.41) is 9.49. The van der Waals surface area contributed by atoms with Gasteiger partial charge in [-0.25, -0.2) is 13.2 Å². The molecule has 1 aliphatic heterocycles. The van der Waals surface area contributed by atoms with Crippen LogP contribution in [0.25, 0.3) is 10.9 Å². The lowest BCUT2D eigenvalue weighted by atomic mass is 10.1. The van der Waals surface area contributed by atoms with Crippen LogP contribution in [0.1, 0.15) is 12.1 Å². The third-order valence-electron chi connectivity index (χ3n) is 5.74. The number of amides is 1. The number of alkyl halides is 2. The van der Waals surface area contributed by atoms with E-state index in [1.54, 1.807) is 6.07 Å². The van der Waals surface area contributed by atoms with Crippen LogP contribution in [0.5, 0.6) is 0 Å². The molecule has 12 heteroatoms. The van der Waals surface area contributed by atoms with Crippen molar-refractivity contribution in [3.05, 3.63) is 53.2 Å². The van der Waals surface area contributed by atoms with E-state index in [0.717, 1.165) is 6.20 Å². The number of sulfone groups is 1. The van der Waals surface area contributed by atoms with Gasteiger partial charge in [-0.05, 0) is 35.9 Å². The first kappa shape index (κ1) is 23.3. The Morgan fingerprint density at radius 3 is 2.42 bits per heavy atom. The smallest absolute Gasteiger partial charge is 0.407 e. The van der Waals surface area contributed by atoms with Gasteiger partial charge in [-0.1, -0.05) is 17.7 Å². The van der Waals surface area contributed by atoms with Crippen molar-refractivity contribution in [2.75, 3.05) is 31.1 Å². The van der Waals surface area contributed by atoms with Gasteiger partial charge in [0.15, 0.2) is 0 Å². The molecule has 0 saturated carbocycles. The fraction of sp³-hybridized carbons (Fsp3) is 0.286. The number of fused-ring (bicyclic) bond motifs is 1. The Morgan fingerprint density at radius 1 is 1.12 bits per heavy atom. The van der Waals surface area contributed by atoms with Crippen LogP contribution in [0.15, 0.2) is 52.4 Å². The fourth-order valence-corrected chi connectivity index (χ4v) is 5.66. The predicted molar refractivity (Wildman–Crippen MR) is 120 cm³/mol. The molecule has 1 fully saturated rings. The van der Waals surface area contributed by atoms with E-state index in [-0.39, 0.29) is 45.4 Å². The number of carbonyl (C=O) groups is 1. The van der Waals surface area contributed by atoms with Crippen LogP contribution in [0.3, 0.4) is 0 Å². The summed E-state index contributed by atoms with van der Waals surface area (Å²) >= 11 is 6.02. The van der Waals surface area contributed by atoms with Crippen molar-refractivity contribution >= 4 is 44.1 Å². The summed E-state index contributed by atoms with van der Waals surface area (Å²) in [6, 6.07) is 8.57. The maximum atomic E-state index is 13.6. The van der Waals surface area contributed by atoms with Crippen molar-refractivity contribution in [2.24, 2.45) is 5.73 Å². The Balaban J connectivity index is 1.79. The topological polar surface area (TPSA) is 109 Å². The number of hydrogen-bond donors (Lipinski definition) is 2. The summed E-state index contributed by atoms with van der Waals surface area (Å²) in [7, 11) is -4.19. The molecule has 1 aromatic heterocycles. The Hall–Kier alpha value is -2.89. The van der Waals surface area contributed by atoms with Gasteiger partial charge in [0.05, 0.1) is 15.3 Å². The zero-order valence-corrected chi connectivity index (χ0v) is 18.9. The number of nitrogens with zero attached hydrogens (tertiary/aromatic N) is 3. The van der Waals surface area contributed by atoms with Crippen LogP contribution in [0, 0.1) is 0 Å². The highest BCUT2D eigenvalue weighted by Crippen LogP contribution is 2.36. The zero-order valence-electron chi connectivity index (χ0n) is 17.3. The van der Waals surface area contributed by atoms with Crippen molar-refractivity contribution in [1.29, 1.82) is 0 Å². The van der Waals surface area contributed by atoms with E-state index >= 15 is 0 Å². The first-order chi connectivity index (χ1) is 15.6. The van der Waals surface area contributed by atoms with Crippen LogP contribution in [-0.4, -0.2) is 55.3 Å². The van der Waals surface area contributed by atoms with E-state index in [1.165, 1.54) is 35.2 Å². The highest BCUT2D eigenvalue weighted by atomic mass is 35.5. The van der Waals surface area contributed by atoms with Gasteiger partial charge in [0.1, 0.15) is 0 Å². The van der Waals surface area contributed by atoms with E-state index in [9.17, 15) is 22.0 Å². The van der Waals surface area contributed by atoms with Crippen LogP contribution < -0.4 is 10.6 Å². The van der Waals surface area contributed by atoms with Crippen molar-refractivity contribution in [3.63, 3.8) is 0 Å². The van der Waals surface area contributed by atoms with Gasteiger partial charge in [-0.15, -0.1) is 0 Å². The van der Waals surface area contributed by atoms with E-state index in [2.05, 4.69) is 0 Å². The van der Waals surface area contributed by atoms with Crippen LogP contribution in [0.2, 0.25) is 5.02 Å². The Bertz CT molecular complexity index is 1320. The molecule has 1 aliphatic rings. The summed E-state index contributed by atoms with van der Waals surface area (Å²) in [5.41, 5.74) is 7.16. The Labute approximate surface area is 193 Å². The first-order valence-electron chi connectivity index (χ1n) is 10.0. The van der Waals surface area contributed by atoms with Gasteiger partial charge in [0.2, 0.25) is 9.84 Å². The highest BCUT2D eigenvalue weighted by molar-refractivity contribution is 7.91. The van der Waals surface area contributed by atoms with Gasteiger partial charge in [0, 0.05) is 55.0 Å². The number of piperazine rings is 1. The van der Waals surface area contributed by atoms with E-state index in [0.29, 0.717) is 28.9 Å². The third-order valence-corrected chi connectivity index (χ3v) is 7.75. The molecule has 2 aromatic carbocycles. The minimum atomic E-state index is -4.19. The lowest BCUT2D eigenvalue weighted by Crippen LogP contribution is -2.48. The summed E-state index contributed by atoms with van der Waals surface area (Å²) in [4.78, 5) is 14.0. The standard InChI is InChI=1S/C21H21ClF2N4O4S/c22-14-2-4-17-16(9-14)19(12-28(17)20(23)24)33(31,32)15-3-1-13(11-25)18(10-15)26-5-7-27(8-6-26)21(29)30/h1-4,9-10,12,20H,5-8,11,25H2,(H,29,30). The average molecular weight is 499 g/mol. The van der Waals surface area contributed by atoms with E-state index < -0.39 is 22.5 Å². The summed E-state index contributed by atoms with van der Waals surface area (Å²) in [5.74, 6) is 0. The number of carboxylic acid groups (broad SMARTS) is 1. The van der Waals surface area contributed by atoms with Crippen LogP contribution >= 0.6 is 11.6 Å². The molecule has 4 rings (SSSR count). The molecule has 0 radical (unpaired) electrons. The summed E-state index contributed by atoms with van der Waals surface area (Å²) in [6.07, 6.45) is -0.0949. The third kappa shape index (κ3) is 4.23. The van der Waals surface area contributed by atoms with E-state index in [1.807, 2.05) is 4.90 Å². The molecular weight excluding hydrogens is 478 g/mol. The van der Waals surface area contributed by atoms with Crippen molar-refractivity contribution in [2.45, 2.75) is 22.9 Å². The van der Waals surface area contributed by atoms with Crippen molar-refractivity contribution in [3.8, 4) is 0 Å². The average Bonchev–Trinajstić information content (AvgIpc) is 3.18. The Kier molecular flexibility index (Phi) is 6.21. The Morgan fingerprint density at radius 2 is 1.82 bits per heavy atom. The van der Waals surface area contributed by atoms with Gasteiger partial charge < -0.3 is 20.6 Å². The number of benzene rings is 2. The summed E-state index contributed by atoms with van der Waals surface area (Å²) in [6.45, 7) is -1.53. The highest BCUT2D eigenvalue weighted by Gasteiger charge is 2.28. The van der Waals surface area contributed by atoms with Gasteiger partial charge in [-0.2, -0.15) is 8.78 Å². The molecule has 0 aliphatic carbocycles. The molecule has 176 valence electrons. The van der Waals surface area contributed by atoms with Gasteiger partial charge >= 0.3 is 12.6 Å². The SMILES string of the molecule is NCc1ccc(S(=O)(=O)c2cn(C(F)F)c3ccc(Cl)cc23)cc1N1CCN(C(=O)O)CC1. The molecule has 33 heavy (non-hydrogen) atoms. The van der Waals surface area contributed by atoms with Crippen molar-refractivity contribution in [1.82, 2.24) is 9.47 Å². The van der Waals surface area contributed by atoms with Crippen LogP contribution in [0.4, 0.5) is 19.3 Å². The van der Waals surface area contributed by atoms with Crippen LogP contribution in [-0.2, 0) is 16.4 Å². The number of rotatable bonds is 5. The minimum absolute atomic E-state index is 0.0524. The normalized spacial score (nSPS) is 14.9. The quantitative estimate of drug-likeness (QED) is 0.554. The minimum Gasteiger partial charge on any atom is -0.465 e. The molecule has 0 bridgehead atoms. The molecule has 3 N–H and O–H groups in total. The maximum Gasteiger partial charge on any atom is 0.407 e. The number of nitrogens with two attached hydrogens (primary N) is 1.